The first-order chi connectivity index (χ1) is 19.3. The molecule has 0 saturated heterocycles. The molecule has 0 atom stereocenters. The minimum atomic E-state index is -3.78. The molecule has 41 heavy (non-hydrogen) atoms. The van der Waals surface area contributed by atoms with Gasteiger partial charge in [0.15, 0.2) is 5.76 Å². The van der Waals surface area contributed by atoms with Gasteiger partial charge in [-0.05, 0) is 60.4 Å². The first-order valence-corrected chi connectivity index (χ1v) is 15.7. The van der Waals surface area contributed by atoms with Crippen LogP contribution < -0.4 is 5.01 Å². The van der Waals surface area contributed by atoms with Crippen LogP contribution >= 0.6 is 27.3 Å². The van der Waals surface area contributed by atoms with E-state index in [-0.39, 0.29) is 33.2 Å². The van der Waals surface area contributed by atoms with Crippen molar-refractivity contribution in [2.24, 2.45) is 16.9 Å². The number of halogens is 1. The summed E-state index contributed by atoms with van der Waals surface area (Å²) in [6.45, 7) is 8.59. The summed E-state index contributed by atoms with van der Waals surface area (Å²) in [4.78, 5) is 28.6. The lowest BCUT2D eigenvalue weighted by Crippen LogP contribution is -2.37. The summed E-state index contributed by atoms with van der Waals surface area (Å²) in [6.07, 6.45) is 1.18. The third-order valence-electron chi connectivity index (χ3n) is 5.68. The highest BCUT2D eigenvalue weighted by Gasteiger charge is 2.27. The molecule has 0 bridgehead atoms. The fourth-order valence-corrected chi connectivity index (χ4v) is 7.16. The van der Waals surface area contributed by atoms with Gasteiger partial charge in [0.05, 0.1) is 27.4 Å². The number of amides is 1. The second-order valence-corrected chi connectivity index (χ2v) is 13.9. The number of anilines is 1. The number of hydrazone groups is 1. The molecule has 0 fully saturated rings. The van der Waals surface area contributed by atoms with Crippen LogP contribution in [-0.4, -0.2) is 47.8 Å². The average molecular weight is 663 g/mol. The molecule has 1 amide bonds. The molecular formula is C27H28BrN5O6S2. The summed E-state index contributed by atoms with van der Waals surface area (Å²) in [6, 6.07) is 13.7. The number of carbonyl (C=O) groups excluding carboxylic acids is 1. The topological polar surface area (TPSA) is 139 Å². The van der Waals surface area contributed by atoms with Crippen molar-refractivity contribution >= 4 is 70.6 Å². The molecule has 216 valence electrons. The maximum absolute atomic E-state index is 13.7. The van der Waals surface area contributed by atoms with E-state index in [1.165, 1.54) is 58.3 Å². The monoisotopic (exact) mass is 661 g/mol. The van der Waals surface area contributed by atoms with E-state index in [1.54, 1.807) is 6.07 Å². The molecule has 0 radical (unpaired) electrons. The molecule has 2 aromatic carbocycles. The Morgan fingerprint density at radius 2 is 1.76 bits per heavy atom. The number of furan rings is 1. The van der Waals surface area contributed by atoms with Crippen LogP contribution in [0.1, 0.15) is 43.8 Å². The molecule has 0 aliphatic rings. The largest absolute Gasteiger partial charge is 0.433 e. The molecule has 0 N–H and O–H groups in total. The number of nitrogens with zero attached hydrogens (tertiary/aromatic N) is 5. The zero-order chi connectivity index (χ0) is 29.9. The second kappa shape index (κ2) is 12.6. The number of thiazole rings is 1. The van der Waals surface area contributed by atoms with E-state index in [0.29, 0.717) is 18.6 Å². The lowest BCUT2D eigenvalue weighted by Gasteiger charge is -2.25. The van der Waals surface area contributed by atoms with Crippen LogP contribution in [0.3, 0.4) is 0 Å². The van der Waals surface area contributed by atoms with Gasteiger partial charge in [-0.3, -0.25) is 14.9 Å². The van der Waals surface area contributed by atoms with Crippen molar-refractivity contribution in [2.45, 2.75) is 32.6 Å². The minimum absolute atomic E-state index is 0.0650. The number of hydrogen-bond donors (Lipinski definition) is 0. The summed E-state index contributed by atoms with van der Waals surface area (Å²) >= 11 is 4.65. The van der Waals surface area contributed by atoms with Crippen LogP contribution in [0.15, 0.2) is 73.5 Å². The lowest BCUT2D eigenvalue weighted by atomic mass is 10.2. The summed E-state index contributed by atoms with van der Waals surface area (Å²) in [7, 11) is -3.78. The normalized spacial score (nSPS) is 12.3. The van der Waals surface area contributed by atoms with Crippen LogP contribution in [0.4, 0.5) is 11.0 Å². The average Bonchev–Trinajstić information content (AvgIpc) is 3.55. The van der Waals surface area contributed by atoms with Gasteiger partial charge in [-0.15, -0.1) is 0 Å². The maximum Gasteiger partial charge on any atom is 0.433 e. The van der Waals surface area contributed by atoms with Gasteiger partial charge in [0, 0.05) is 23.1 Å². The van der Waals surface area contributed by atoms with Gasteiger partial charge in [0.25, 0.3) is 5.91 Å². The minimum Gasteiger partial charge on any atom is -0.400 e. The van der Waals surface area contributed by atoms with E-state index >= 15 is 0 Å². The molecular weight excluding hydrogens is 634 g/mol. The number of benzene rings is 2. The van der Waals surface area contributed by atoms with Crippen molar-refractivity contribution in [1.29, 1.82) is 0 Å². The summed E-state index contributed by atoms with van der Waals surface area (Å²) in [5.74, 6) is -0.697. The first kappa shape index (κ1) is 30.5. The highest BCUT2D eigenvalue weighted by atomic mass is 79.9. The highest BCUT2D eigenvalue weighted by Crippen LogP contribution is 2.32. The van der Waals surface area contributed by atoms with Crippen molar-refractivity contribution in [1.82, 2.24) is 9.29 Å². The van der Waals surface area contributed by atoms with Crippen LogP contribution in [0.5, 0.6) is 0 Å². The predicted molar refractivity (Wildman–Crippen MR) is 162 cm³/mol. The molecule has 11 nitrogen and oxygen atoms in total. The standard InChI is InChI=1S/C27H28BrN5O6S2/c1-17(2)15-31(16-18(3)4)41(37,38)22-9-5-19(6-10-22)26(34)32(29-14-21-8-12-25(39-21)33(35)36)27-30-23-11-7-20(28)13-24(23)40-27/h5-14,17-18H,15-16H2,1-4H3/b29-14+. The van der Waals surface area contributed by atoms with Gasteiger partial charge in [-0.2, -0.15) is 14.4 Å². The van der Waals surface area contributed by atoms with Crippen LogP contribution in [0, 0.1) is 22.0 Å². The summed E-state index contributed by atoms with van der Waals surface area (Å²) in [5, 5.41) is 16.5. The molecule has 14 heteroatoms. The summed E-state index contributed by atoms with van der Waals surface area (Å²) < 4.78 is 35.1. The predicted octanol–water partition coefficient (Wildman–Crippen LogP) is 6.54. The van der Waals surface area contributed by atoms with Gasteiger partial charge in [0.2, 0.25) is 15.2 Å². The van der Waals surface area contributed by atoms with Crippen molar-refractivity contribution in [3.63, 3.8) is 0 Å². The molecule has 0 aliphatic carbocycles. The first-order valence-electron chi connectivity index (χ1n) is 12.6. The number of nitro groups is 1. The quantitative estimate of drug-likeness (QED) is 0.101. The lowest BCUT2D eigenvalue weighted by molar-refractivity contribution is -0.402. The van der Waals surface area contributed by atoms with E-state index in [4.69, 9.17) is 4.42 Å². The van der Waals surface area contributed by atoms with Crippen LogP contribution in [-0.2, 0) is 10.0 Å². The van der Waals surface area contributed by atoms with Crippen LogP contribution in [0.25, 0.3) is 10.2 Å². The van der Waals surface area contributed by atoms with Gasteiger partial charge < -0.3 is 4.42 Å². The Kier molecular flexibility index (Phi) is 9.37. The Morgan fingerprint density at radius 3 is 2.34 bits per heavy atom. The SMILES string of the molecule is CC(C)CN(CC(C)C)S(=O)(=O)c1ccc(C(=O)N(/N=C/c2ccc([N+](=O)[O-])o2)c2nc3ccc(Br)cc3s2)cc1. The fourth-order valence-electron chi connectivity index (χ4n) is 3.92. The van der Waals surface area contributed by atoms with E-state index in [9.17, 15) is 23.3 Å². The summed E-state index contributed by atoms with van der Waals surface area (Å²) in [5.41, 5.74) is 0.818. The van der Waals surface area contributed by atoms with Crippen molar-refractivity contribution in [3.05, 3.63) is 80.5 Å². The molecule has 4 rings (SSSR count). The zero-order valence-electron chi connectivity index (χ0n) is 22.7. The molecule has 0 saturated carbocycles. The van der Waals surface area contributed by atoms with E-state index in [1.807, 2.05) is 39.8 Å². The zero-order valence-corrected chi connectivity index (χ0v) is 25.9. The Hall–Kier alpha value is -3.46. The van der Waals surface area contributed by atoms with Crippen molar-refractivity contribution in [2.75, 3.05) is 18.1 Å². The van der Waals surface area contributed by atoms with Crippen molar-refractivity contribution in [3.8, 4) is 0 Å². The highest BCUT2D eigenvalue weighted by molar-refractivity contribution is 9.10. The van der Waals surface area contributed by atoms with Crippen molar-refractivity contribution < 1.29 is 22.6 Å². The number of aromatic nitrogens is 1. The molecule has 0 unspecified atom stereocenters. The number of hydrogen-bond acceptors (Lipinski definition) is 9. The second-order valence-electron chi connectivity index (χ2n) is 10.0. The van der Waals surface area contributed by atoms with Crippen LogP contribution in [0.2, 0.25) is 0 Å². The molecule has 0 spiro atoms. The van der Waals surface area contributed by atoms with E-state index in [0.717, 1.165) is 14.2 Å². The number of sulfonamides is 1. The number of fused-ring (bicyclic) bond motifs is 1. The third-order valence-corrected chi connectivity index (χ3v) is 9.02. The number of rotatable bonds is 11. The Bertz CT molecular complexity index is 1690. The number of carbonyl (C=O) groups is 1. The Labute approximate surface area is 249 Å². The Balaban J connectivity index is 1.69. The molecule has 2 heterocycles. The van der Waals surface area contributed by atoms with Gasteiger partial charge >= 0.3 is 5.88 Å². The third kappa shape index (κ3) is 7.25. The smallest absolute Gasteiger partial charge is 0.400 e. The van der Waals surface area contributed by atoms with E-state index in [2.05, 4.69) is 26.0 Å². The van der Waals surface area contributed by atoms with Gasteiger partial charge in [0.1, 0.15) is 4.92 Å². The molecule has 2 aromatic heterocycles. The Morgan fingerprint density at radius 1 is 1.10 bits per heavy atom. The molecule has 4 aromatic rings. The van der Waals surface area contributed by atoms with Gasteiger partial charge in [-0.25, -0.2) is 13.4 Å². The fraction of sp³-hybridized carbons (Fsp3) is 0.296. The molecule has 0 aliphatic heterocycles. The maximum atomic E-state index is 13.7. The van der Waals surface area contributed by atoms with Gasteiger partial charge in [-0.1, -0.05) is 55.0 Å². The van der Waals surface area contributed by atoms with E-state index < -0.39 is 26.7 Å².